The minimum absolute atomic E-state index is 0.0161. The predicted octanol–water partition coefficient (Wildman–Crippen LogP) is 5.26. The number of hydrogen-bond acceptors (Lipinski definition) is 6. The minimum Gasteiger partial charge on any atom is -0.504 e. The highest BCUT2D eigenvalue weighted by Gasteiger charge is 2.49. The molecule has 1 heterocycles. The van der Waals surface area contributed by atoms with Crippen molar-refractivity contribution in [2.24, 2.45) is 22.7 Å². The molecule has 0 bridgehead atoms. The minimum atomic E-state index is -0.810. The summed E-state index contributed by atoms with van der Waals surface area (Å²) < 4.78 is 5.93. The van der Waals surface area contributed by atoms with Crippen LogP contribution < -0.4 is 5.32 Å². The van der Waals surface area contributed by atoms with Crippen LogP contribution in [0.5, 0.6) is 11.5 Å². The van der Waals surface area contributed by atoms with Gasteiger partial charge in [-0.2, -0.15) is 0 Å². The smallest absolute Gasteiger partial charge is 0.333 e. The summed E-state index contributed by atoms with van der Waals surface area (Å²) in [5, 5.41) is 22.3. The molecule has 3 aliphatic rings. The van der Waals surface area contributed by atoms with Crippen molar-refractivity contribution < 1.29 is 29.3 Å². The first-order chi connectivity index (χ1) is 19.3. The maximum absolute atomic E-state index is 14.0. The molecule has 0 aromatic heterocycles. The molecule has 226 valence electrons. The van der Waals surface area contributed by atoms with E-state index in [0.717, 1.165) is 51.4 Å². The van der Waals surface area contributed by atoms with Gasteiger partial charge in [0.05, 0.1) is 12.5 Å². The maximum Gasteiger partial charge on any atom is 0.333 e. The summed E-state index contributed by atoms with van der Waals surface area (Å²) in [4.78, 5) is 41.9. The lowest BCUT2D eigenvalue weighted by atomic mass is 9.66. The van der Waals surface area contributed by atoms with Gasteiger partial charge >= 0.3 is 5.97 Å². The molecule has 4 unspecified atom stereocenters. The zero-order valence-corrected chi connectivity index (χ0v) is 25.3. The summed E-state index contributed by atoms with van der Waals surface area (Å²) in [5.41, 5.74) is 0.910. The average molecular weight is 569 g/mol. The number of hydrogen-bond donors (Lipinski definition) is 3. The molecule has 2 fully saturated rings. The topological polar surface area (TPSA) is 116 Å². The number of carbonyl (C=O) groups excluding carboxylic acids is 3. The first-order valence-corrected chi connectivity index (χ1v) is 15.3. The molecule has 3 N–H and O–H groups in total. The molecular weight excluding hydrogens is 520 g/mol. The molecule has 41 heavy (non-hydrogen) atoms. The van der Waals surface area contributed by atoms with Crippen LogP contribution in [-0.4, -0.2) is 57.6 Å². The molecule has 1 aromatic rings. The van der Waals surface area contributed by atoms with E-state index in [-0.39, 0.29) is 52.6 Å². The van der Waals surface area contributed by atoms with E-state index in [1.54, 1.807) is 12.1 Å². The second-order valence-corrected chi connectivity index (χ2v) is 13.6. The molecule has 0 saturated heterocycles. The zero-order chi connectivity index (χ0) is 29.9. The SMILES string of the molecule is CC(CC1CCC(C)(C)C1(C)C)OC(=O)C1C=CCN1C(=O)C(NC(=O)Cc1ccc(O)c(O)c1)C1CCCCC1. The Morgan fingerprint density at radius 2 is 1.76 bits per heavy atom. The number of benzene rings is 1. The van der Waals surface area contributed by atoms with Crippen LogP contribution in [-0.2, 0) is 25.5 Å². The zero-order valence-electron chi connectivity index (χ0n) is 25.3. The van der Waals surface area contributed by atoms with E-state index in [1.165, 1.54) is 17.0 Å². The van der Waals surface area contributed by atoms with Crippen molar-refractivity contribution in [1.82, 2.24) is 10.2 Å². The van der Waals surface area contributed by atoms with Crippen molar-refractivity contribution in [3.63, 3.8) is 0 Å². The van der Waals surface area contributed by atoms with Gasteiger partial charge in [-0.25, -0.2) is 4.79 Å². The molecule has 2 aliphatic carbocycles. The van der Waals surface area contributed by atoms with Crippen LogP contribution >= 0.6 is 0 Å². The fourth-order valence-corrected chi connectivity index (χ4v) is 6.97. The van der Waals surface area contributed by atoms with Crippen LogP contribution in [0, 0.1) is 22.7 Å². The van der Waals surface area contributed by atoms with E-state index in [9.17, 15) is 24.6 Å². The van der Waals surface area contributed by atoms with Gasteiger partial charge in [0.1, 0.15) is 12.1 Å². The Hall–Kier alpha value is -3.03. The Labute approximate surface area is 244 Å². The van der Waals surface area contributed by atoms with Crippen molar-refractivity contribution in [1.29, 1.82) is 0 Å². The summed E-state index contributed by atoms with van der Waals surface area (Å²) in [6, 6.07) is 2.69. The normalized spacial score (nSPS) is 25.0. The van der Waals surface area contributed by atoms with Gasteiger partial charge in [-0.15, -0.1) is 0 Å². The van der Waals surface area contributed by atoms with Gasteiger partial charge in [0.2, 0.25) is 11.8 Å². The second kappa shape index (κ2) is 12.5. The molecule has 2 saturated carbocycles. The number of ether oxygens (including phenoxy) is 1. The van der Waals surface area contributed by atoms with E-state index in [4.69, 9.17) is 4.74 Å². The van der Waals surface area contributed by atoms with Crippen LogP contribution in [0.4, 0.5) is 0 Å². The van der Waals surface area contributed by atoms with Gasteiger partial charge in [0.25, 0.3) is 0 Å². The van der Waals surface area contributed by atoms with E-state index in [0.29, 0.717) is 18.0 Å². The van der Waals surface area contributed by atoms with Gasteiger partial charge in [-0.05, 0) is 79.4 Å². The van der Waals surface area contributed by atoms with E-state index in [2.05, 4.69) is 33.0 Å². The lowest BCUT2D eigenvalue weighted by Gasteiger charge is -2.40. The first-order valence-electron chi connectivity index (χ1n) is 15.3. The highest BCUT2D eigenvalue weighted by molar-refractivity contribution is 5.93. The summed E-state index contributed by atoms with van der Waals surface area (Å²) >= 11 is 0. The first kappa shape index (κ1) is 30.9. The molecule has 8 nitrogen and oxygen atoms in total. The Morgan fingerprint density at radius 1 is 1.05 bits per heavy atom. The molecule has 4 rings (SSSR count). The average Bonchev–Trinajstić information content (AvgIpc) is 3.48. The van der Waals surface area contributed by atoms with Crippen LogP contribution in [0.15, 0.2) is 30.4 Å². The molecule has 8 heteroatoms. The fraction of sp³-hybridized carbons (Fsp3) is 0.667. The molecule has 0 spiro atoms. The number of phenolic OH excluding ortho intramolecular Hbond substituents is 2. The lowest BCUT2D eigenvalue weighted by Crippen LogP contribution is -2.55. The van der Waals surface area contributed by atoms with Crippen molar-refractivity contribution in [3.05, 3.63) is 35.9 Å². The van der Waals surface area contributed by atoms with E-state index < -0.39 is 18.1 Å². The van der Waals surface area contributed by atoms with Crippen molar-refractivity contribution in [2.45, 2.75) is 111 Å². The number of nitrogens with one attached hydrogen (secondary N) is 1. The van der Waals surface area contributed by atoms with Crippen molar-refractivity contribution in [3.8, 4) is 11.5 Å². The number of esters is 1. The molecule has 0 radical (unpaired) electrons. The predicted molar refractivity (Wildman–Crippen MR) is 157 cm³/mol. The maximum atomic E-state index is 14.0. The van der Waals surface area contributed by atoms with Gasteiger partial charge in [-0.1, -0.05) is 65.2 Å². The quantitative estimate of drug-likeness (QED) is 0.213. The standard InChI is InChI=1S/C33H48N2O6/c1-21(18-24-15-16-32(2,3)33(24,4)5)41-31(40)25-12-9-17-35(25)30(39)29(23-10-7-6-8-11-23)34-28(38)20-22-13-14-26(36)27(37)19-22/h9,12-14,19,21,23-25,29,36-37H,6-8,10-11,15-18,20H2,1-5H3,(H,34,38). The highest BCUT2D eigenvalue weighted by atomic mass is 16.5. The van der Waals surface area contributed by atoms with E-state index >= 15 is 0 Å². The van der Waals surface area contributed by atoms with Crippen LogP contribution in [0.3, 0.4) is 0 Å². The number of nitrogens with zero attached hydrogens (tertiary/aromatic N) is 1. The van der Waals surface area contributed by atoms with Gasteiger partial charge in [0, 0.05) is 6.54 Å². The molecule has 1 aliphatic heterocycles. The third-order valence-electron chi connectivity index (χ3n) is 10.4. The third-order valence-corrected chi connectivity index (χ3v) is 10.4. The summed E-state index contributed by atoms with van der Waals surface area (Å²) in [6.07, 6.45) is 11.0. The number of phenols is 2. The summed E-state index contributed by atoms with van der Waals surface area (Å²) in [5.74, 6) is -1.15. The Morgan fingerprint density at radius 3 is 2.39 bits per heavy atom. The monoisotopic (exact) mass is 568 g/mol. The Balaban J connectivity index is 1.42. The number of rotatable bonds is 9. The molecule has 2 amide bonds. The fourth-order valence-electron chi connectivity index (χ4n) is 6.97. The largest absolute Gasteiger partial charge is 0.504 e. The molecule has 1 aromatic carbocycles. The Kier molecular flexibility index (Phi) is 9.39. The van der Waals surface area contributed by atoms with Crippen LogP contribution in [0.1, 0.15) is 91.5 Å². The number of amides is 2. The molecule has 4 atom stereocenters. The summed E-state index contributed by atoms with van der Waals surface area (Å²) in [7, 11) is 0. The van der Waals surface area contributed by atoms with Gasteiger partial charge in [-0.3, -0.25) is 9.59 Å². The Bertz CT molecular complexity index is 1150. The van der Waals surface area contributed by atoms with Gasteiger partial charge in [0.15, 0.2) is 11.5 Å². The molecular formula is C33H48N2O6. The number of carbonyl (C=O) groups is 3. The van der Waals surface area contributed by atoms with Crippen LogP contribution in [0.25, 0.3) is 0 Å². The third kappa shape index (κ3) is 6.90. The van der Waals surface area contributed by atoms with Crippen molar-refractivity contribution >= 4 is 17.8 Å². The second-order valence-electron chi connectivity index (χ2n) is 13.6. The van der Waals surface area contributed by atoms with Crippen LogP contribution in [0.2, 0.25) is 0 Å². The number of aromatic hydroxyl groups is 2. The van der Waals surface area contributed by atoms with Crippen molar-refractivity contribution in [2.75, 3.05) is 6.54 Å². The van der Waals surface area contributed by atoms with Gasteiger partial charge < -0.3 is 25.2 Å². The summed E-state index contributed by atoms with van der Waals surface area (Å²) in [6.45, 7) is 11.5. The van der Waals surface area contributed by atoms with E-state index in [1.807, 2.05) is 13.0 Å². The highest BCUT2D eigenvalue weighted by Crippen LogP contribution is 2.57. The lowest BCUT2D eigenvalue weighted by molar-refractivity contribution is -0.158.